The van der Waals surface area contributed by atoms with Crippen molar-refractivity contribution in [1.29, 1.82) is 0 Å². The summed E-state index contributed by atoms with van der Waals surface area (Å²) < 4.78 is 7.01. The minimum absolute atomic E-state index is 0.468. The maximum Gasteiger partial charge on any atom is 0.166 e. The smallest absolute Gasteiger partial charge is 0.166 e. The van der Waals surface area contributed by atoms with E-state index in [1.807, 2.05) is 36.4 Å². The summed E-state index contributed by atoms with van der Waals surface area (Å²) in [5.74, 6) is 4.53. The summed E-state index contributed by atoms with van der Waals surface area (Å²) in [5, 5.41) is 18.3. The monoisotopic (exact) mass is 1490 g/mol. The Kier molecular flexibility index (Phi) is 29.0. The van der Waals surface area contributed by atoms with E-state index in [4.69, 9.17) is 91.0 Å². The third kappa shape index (κ3) is 20.9. The Hall–Kier alpha value is -9.37. The van der Waals surface area contributed by atoms with Gasteiger partial charge in [-0.05, 0) is 132 Å². The number of nitrogens with one attached hydrogen (secondary N) is 4. The van der Waals surface area contributed by atoms with Crippen LogP contribution >= 0.6 is 36.7 Å². The first-order valence-electron chi connectivity index (χ1n) is 38.2. The number of nitrogen functional groups attached to an aromatic ring is 3. The fraction of sp³-hybridized carbons (Fsp3) is 0.386. The van der Waals surface area contributed by atoms with Crippen LogP contribution in [-0.4, -0.2) is 140 Å². The van der Waals surface area contributed by atoms with Crippen molar-refractivity contribution in [2.24, 2.45) is 17.2 Å². The summed E-state index contributed by atoms with van der Waals surface area (Å²) in [6, 6.07) is 51.0. The molecule has 0 bridgehead atoms. The number of rotatable bonds is 38. The predicted molar refractivity (Wildman–Crippen MR) is 456 cm³/mol. The van der Waals surface area contributed by atoms with Gasteiger partial charge in [-0.1, -0.05) is 180 Å². The average molecular weight is 1500 g/mol. The van der Waals surface area contributed by atoms with E-state index in [2.05, 4.69) is 185 Å². The first-order valence-corrected chi connectivity index (χ1v) is 39.4. The molecule has 0 aliphatic heterocycles. The first-order chi connectivity index (χ1) is 52.3. The summed E-state index contributed by atoms with van der Waals surface area (Å²) in [7, 11) is 0. The van der Waals surface area contributed by atoms with E-state index in [1.54, 1.807) is 0 Å². The van der Waals surface area contributed by atoms with Crippen molar-refractivity contribution >= 4 is 135 Å². The average Bonchev–Trinajstić information content (AvgIpc) is 1.63. The molecule has 6 aromatic carbocycles. The van der Waals surface area contributed by atoms with E-state index in [0.717, 1.165) is 222 Å². The van der Waals surface area contributed by atoms with Crippen LogP contribution in [0.15, 0.2) is 146 Å². The number of anilines is 3. The molecule has 12 rings (SSSR count). The van der Waals surface area contributed by atoms with Gasteiger partial charge in [0.25, 0.3) is 0 Å². The quantitative estimate of drug-likeness (QED) is 0.0161. The van der Waals surface area contributed by atoms with Crippen LogP contribution in [-0.2, 0) is 58.4 Å². The third-order valence-electron chi connectivity index (χ3n) is 19.7. The fourth-order valence-electron chi connectivity index (χ4n) is 14.0. The second-order valence-electron chi connectivity index (χ2n) is 27.6. The van der Waals surface area contributed by atoms with Gasteiger partial charge >= 0.3 is 0 Å². The van der Waals surface area contributed by atoms with Gasteiger partial charge in [0.15, 0.2) is 27.7 Å². The van der Waals surface area contributed by atoms with Crippen LogP contribution < -0.4 is 55.7 Å². The number of benzene rings is 6. The number of nitrogens with zero attached hydrogens (tertiary/aromatic N) is 11. The fourth-order valence-corrected chi connectivity index (χ4v) is 14.6. The van der Waals surface area contributed by atoms with Gasteiger partial charge in [-0.15, -0.1) is 0 Å². The molecule has 0 radical (unpaired) electrons. The molecule has 0 amide bonds. The van der Waals surface area contributed by atoms with Crippen LogP contribution in [0.5, 0.6) is 0 Å². The van der Waals surface area contributed by atoms with Crippen molar-refractivity contribution in [2.45, 2.75) is 137 Å². The van der Waals surface area contributed by atoms with E-state index in [1.165, 1.54) is 22.3 Å². The number of imidazole rings is 3. The van der Waals surface area contributed by atoms with Crippen molar-refractivity contribution in [1.82, 2.24) is 74.7 Å². The third-order valence-corrected chi connectivity index (χ3v) is 20.7. The molecule has 0 unspecified atom stereocenters. The number of aromatic nitrogens is 9. The van der Waals surface area contributed by atoms with E-state index in [9.17, 15) is 0 Å². The lowest BCUT2D eigenvalue weighted by molar-refractivity contribution is 0.280. The topological polar surface area (TPSA) is 303 Å². The van der Waals surface area contributed by atoms with Crippen LogP contribution in [0.3, 0.4) is 0 Å². The number of unbranched alkanes of at least 4 members (excludes halogenated alkanes) is 3. The molecular weight excluding hydrogens is 1390 g/mol. The molecular formula is C83H107N21S3. The number of pyridine rings is 3. The van der Waals surface area contributed by atoms with Crippen molar-refractivity contribution in [3.05, 3.63) is 196 Å². The van der Waals surface area contributed by atoms with E-state index < -0.39 is 0 Å². The normalized spacial score (nSPS) is 11.6. The molecule has 16 N–H and O–H groups in total. The number of hydrogen-bond acceptors (Lipinski definition) is 17. The molecule has 107 heavy (non-hydrogen) atoms. The van der Waals surface area contributed by atoms with Crippen molar-refractivity contribution in [3.8, 4) is 0 Å². The zero-order valence-electron chi connectivity index (χ0n) is 62.5. The second-order valence-corrected chi connectivity index (χ2v) is 29.0. The van der Waals surface area contributed by atoms with Gasteiger partial charge in [0, 0.05) is 134 Å². The van der Waals surface area contributed by atoms with Crippen molar-refractivity contribution in [2.75, 3.05) is 89.2 Å². The van der Waals surface area contributed by atoms with Crippen LogP contribution in [0, 0.1) is 0 Å². The lowest BCUT2D eigenvalue weighted by atomic mass is 10.0. The van der Waals surface area contributed by atoms with Crippen LogP contribution in [0.2, 0.25) is 0 Å². The summed E-state index contributed by atoms with van der Waals surface area (Å²) in [6.45, 7) is 18.4. The molecule has 0 fully saturated rings. The number of nitrogens with two attached hydrogens (primary N) is 6. The van der Waals surface area contributed by atoms with Gasteiger partial charge in [-0.3, -0.25) is 9.80 Å². The van der Waals surface area contributed by atoms with Gasteiger partial charge in [0.05, 0.1) is 33.1 Å². The molecule has 24 heteroatoms. The van der Waals surface area contributed by atoms with Crippen molar-refractivity contribution < 1.29 is 0 Å². The Morgan fingerprint density at radius 1 is 0.364 bits per heavy atom. The highest BCUT2D eigenvalue weighted by Crippen LogP contribution is 2.34. The molecule has 0 aliphatic rings. The number of thiocarbonyl (C=S) groups is 3. The Labute approximate surface area is 645 Å². The summed E-state index contributed by atoms with van der Waals surface area (Å²) in [4.78, 5) is 34.9. The molecule has 6 aromatic heterocycles. The zero-order valence-corrected chi connectivity index (χ0v) is 64.9. The maximum atomic E-state index is 6.52. The highest BCUT2D eigenvalue weighted by atomic mass is 32.1. The predicted octanol–water partition coefficient (Wildman–Crippen LogP) is 12.2. The Bertz CT molecular complexity index is 4430. The number of aryl methyl sites for hydroxylation is 4. The van der Waals surface area contributed by atoms with Gasteiger partial charge in [-0.2, -0.15) is 0 Å². The molecule has 6 heterocycles. The maximum absolute atomic E-state index is 6.52. The standard InChI is InChI=1S/C77H89N17S3.C6H18N4/c1-4-7-24-64-88-67-70(58-18-10-13-21-61(58)85-73(67)78)92(64)48-54-33-27-51(28-34-54)39-40-57(95)17-16-43-91(44-41-81-76(96)83-46-52-29-35-55(36-30-52)49-93-65(25-8-5-2)89-68-71(93)59-19-11-14-22-62(59)86-74(68)79)45-42-82-77(97)84-47-53-31-37-56(38-32-53)50-94-66(26-9-6-3)90-69-72(94)60-20-12-15-23-63(60)87-75(69)80;7-1-4-10(5-2-8)6-3-9/h10-15,18-23,27-38H,4-9,16-17,24-26,39-50H2,1-3H3,(H2,78,85)(H2,79,86)(H2,80,87)(H2,81,83,96)(H2,82,84,97);1-9H2. The zero-order chi connectivity index (χ0) is 75.0. The van der Waals surface area contributed by atoms with E-state index in [-0.39, 0.29) is 0 Å². The first kappa shape index (κ1) is 78.7. The second kappa shape index (κ2) is 39.5. The minimum Gasteiger partial charge on any atom is -0.382 e. The van der Waals surface area contributed by atoms with Crippen molar-refractivity contribution in [3.63, 3.8) is 0 Å². The Morgan fingerprint density at radius 3 is 1.04 bits per heavy atom. The summed E-state index contributed by atoms with van der Waals surface area (Å²) in [6.07, 6.45) is 12.6. The van der Waals surface area contributed by atoms with Crippen LogP contribution in [0.1, 0.15) is 129 Å². The van der Waals surface area contributed by atoms with E-state index >= 15 is 0 Å². The molecule has 0 aliphatic carbocycles. The number of hydrogen-bond donors (Lipinski definition) is 10. The van der Waals surface area contributed by atoms with Gasteiger partial charge in [0.1, 0.15) is 34.0 Å². The molecule has 0 saturated carbocycles. The number of fused-ring (bicyclic) bond motifs is 9. The Morgan fingerprint density at radius 2 is 0.692 bits per heavy atom. The highest BCUT2D eigenvalue weighted by Gasteiger charge is 2.22. The van der Waals surface area contributed by atoms with Gasteiger partial charge in [-0.25, -0.2) is 29.9 Å². The molecule has 0 saturated heterocycles. The Balaban J connectivity index is 0.00000106. The van der Waals surface area contributed by atoms with Crippen LogP contribution in [0.4, 0.5) is 17.5 Å². The lowest BCUT2D eigenvalue weighted by Crippen LogP contribution is -2.43. The SMILES string of the molecule is CCCCc1nc2c(N)nc3ccccc3c2n1Cc1ccc(CCC(=S)CCCN(CCNC(=S)NCc2ccc(Cn3c(CCCC)nc4c(N)nc5ccccc5c43)cc2)CCNC(=S)NCc2ccc(Cn3c(CCCC)nc4c(N)nc5ccccc5c43)cc2)cc1.NCCN(CCN)CCN. The van der Waals surface area contributed by atoms with E-state index in [0.29, 0.717) is 93.1 Å². The largest absolute Gasteiger partial charge is 0.382 e. The lowest BCUT2D eigenvalue weighted by Gasteiger charge is -2.24. The summed E-state index contributed by atoms with van der Waals surface area (Å²) >= 11 is 17.8. The van der Waals surface area contributed by atoms with Gasteiger partial charge < -0.3 is 69.4 Å². The molecule has 21 nitrogen and oxygen atoms in total. The molecule has 562 valence electrons. The molecule has 12 aromatic rings. The molecule has 0 spiro atoms. The summed E-state index contributed by atoms with van der Waals surface area (Å²) in [5.41, 5.74) is 50.9. The van der Waals surface area contributed by atoms with Gasteiger partial charge in [0.2, 0.25) is 0 Å². The highest BCUT2D eigenvalue weighted by molar-refractivity contribution is 7.80. The molecule has 0 atom stereocenters. The number of para-hydroxylation sites is 3. The minimum atomic E-state index is 0.468. The van der Waals surface area contributed by atoms with Crippen LogP contribution in [0.25, 0.3) is 65.8 Å².